The second-order valence-electron chi connectivity index (χ2n) is 8.21. The molecule has 0 saturated carbocycles. The number of benzene rings is 2. The molecule has 184 valence electrons. The minimum absolute atomic E-state index is 0.0219. The van der Waals surface area contributed by atoms with E-state index in [2.05, 4.69) is 17.7 Å². The van der Waals surface area contributed by atoms with Gasteiger partial charge in [-0.3, -0.25) is 10.2 Å². The monoisotopic (exact) mass is 508 g/mol. The summed E-state index contributed by atoms with van der Waals surface area (Å²) in [5.41, 5.74) is 3.74. The molecule has 9 nitrogen and oxygen atoms in total. The van der Waals surface area contributed by atoms with E-state index in [-0.39, 0.29) is 10.8 Å². The number of nitrogens with one attached hydrogen (secondary N) is 3. The normalized spacial score (nSPS) is 14.9. The minimum Gasteiger partial charge on any atom is -0.496 e. The van der Waals surface area contributed by atoms with Gasteiger partial charge >= 0.3 is 6.03 Å². The lowest BCUT2D eigenvalue weighted by molar-refractivity contribution is 0.0951. The van der Waals surface area contributed by atoms with E-state index in [1.165, 1.54) is 25.3 Å². The number of ether oxygens (including phenoxy) is 1. The van der Waals surface area contributed by atoms with Gasteiger partial charge in [-0.05, 0) is 61.1 Å². The van der Waals surface area contributed by atoms with Gasteiger partial charge in [0.25, 0.3) is 15.9 Å². The molecular formula is C23H29ClN4O5S. The summed E-state index contributed by atoms with van der Waals surface area (Å²) in [5.74, 6) is 0.691. The number of sulfonamides is 1. The number of hydrazine groups is 1. The van der Waals surface area contributed by atoms with E-state index in [9.17, 15) is 18.0 Å². The van der Waals surface area contributed by atoms with Crippen LogP contribution in [-0.2, 0) is 16.4 Å². The van der Waals surface area contributed by atoms with Crippen LogP contribution in [0.3, 0.4) is 0 Å². The molecule has 2 aromatic rings. The number of rotatable bonds is 8. The van der Waals surface area contributed by atoms with Crippen LogP contribution in [0, 0.1) is 5.92 Å². The predicted octanol–water partition coefficient (Wildman–Crippen LogP) is 2.96. The number of amides is 3. The van der Waals surface area contributed by atoms with Crippen molar-refractivity contribution >= 4 is 33.6 Å². The van der Waals surface area contributed by atoms with Gasteiger partial charge in [0.2, 0.25) is 0 Å². The third kappa shape index (κ3) is 7.09. The lowest BCUT2D eigenvalue weighted by Crippen LogP contribution is -2.51. The first-order valence-corrected chi connectivity index (χ1v) is 12.8. The van der Waals surface area contributed by atoms with Gasteiger partial charge in [0.1, 0.15) is 5.75 Å². The Hall–Kier alpha value is -2.82. The second-order valence-corrected chi connectivity index (χ2v) is 10.3. The fourth-order valence-corrected chi connectivity index (χ4v) is 4.65. The maximum Gasteiger partial charge on any atom is 0.343 e. The van der Waals surface area contributed by atoms with E-state index < -0.39 is 16.1 Å². The van der Waals surface area contributed by atoms with E-state index >= 15 is 0 Å². The molecule has 0 aromatic heterocycles. The third-order valence-corrected chi connectivity index (χ3v) is 7.19. The number of nitrogens with zero attached hydrogens (tertiary/aromatic N) is 1. The smallest absolute Gasteiger partial charge is 0.343 e. The van der Waals surface area contributed by atoms with Gasteiger partial charge in [-0.25, -0.2) is 22.9 Å². The molecule has 3 amide bonds. The number of halogens is 1. The van der Waals surface area contributed by atoms with Crippen LogP contribution in [0.15, 0.2) is 47.4 Å². The predicted molar refractivity (Wildman–Crippen MR) is 129 cm³/mol. The molecule has 0 spiro atoms. The van der Waals surface area contributed by atoms with Crippen LogP contribution < -0.4 is 20.2 Å². The van der Waals surface area contributed by atoms with Crippen LogP contribution in [0.25, 0.3) is 0 Å². The number of carbonyl (C=O) groups excluding carboxylic acids is 2. The summed E-state index contributed by atoms with van der Waals surface area (Å²) in [6, 6.07) is 10.2. The zero-order valence-corrected chi connectivity index (χ0v) is 20.7. The van der Waals surface area contributed by atoms with Crippen molar-refractivity contribution < 1.29 is 22.7 Å². The molecule has 2 aromatic carbocycles. The molecular weight excluding hydrogens is 480 g/mol. The van der Waals surface area contributed by atoms with Gasteiger partial charge < -0.3 is 10.1 Å². The fraction of sp³-hybridized carbons (Fsp3) is 0.391. The van der Waals surface area contributed by atoms with Gasteiger partial charge in [-0.1, -0.05) is 30.7 Å². The maximum absolute atomic E-state index is 12.5. The molecule has 0 atom stereocenters. The van der Waals surface area contributed by atoms with E-state index in [0.29, 0.717) is 48.3 Å². The van der Waals surface area contributed by atoms with E-state index in [0.717, 1.165) is 18.4 Å². The number of piperidine rings is 1. The lowest BCUT2D eigenvalue weighted by atomic mass is 10.0. The van der Waals surface area contributed by atoms with Gasteiger partial charge in [-0.2, -0.15) is 0 Å². The molecule has 1 aliphatic heterocycles. The second kappa shape index (κ2) is 11.5. The van der Waals surface area contributed by atoms with Crippen LogP contribution in [0.4, 0.5) is 4.79 Å². The Bertz CT molecular complexity index is 1120. The quantitative estimate of drug-likeness (QED) is 0.504. The van der Waals surface area contributed by atoms with Crippen molar-refractivity contribution in [3.63, 3.8) is 0 Å². The van der Waals surface area contributed by atoms with Gasteiger partial charge in [0, 0.05) is 24.7 Å². The molecule has 1 aliphatic rings. The van der Waals surface area contributed by atoms with E-state index in [1.807, 2.05) is 4.72 Å². The Morgan fingerprint density at radius 3 is 2.44 bits per heavy atom. The van der Waals surface area contributed by atoms with E-state index in [1.54, 1.807) is 29.3 Å². The lowest BCUT2D eigenvalue weighted by Gasteiger charge is -2.30. The highest BCUT2D eigenvalue weighted by Gasteiger charge is 2.21. The highest BCUT2D eigenvalue weighted by Crippen LogP contribution is 2.22. The molecule has 0 radical (unpaired) electrons. The molecule has 0 aliphatic carbocycles. The van der Waals surface area contributed by atoms with Crippen molar-refractivity contribution in [2.75, 3.05) is 26.7 Å². The van der Waals surface area contributed by atoms with Gasteiger partial charge in [-0.15, -0.1) is 0 Å². The summed E-state index contributed by atoms with van der Waals surface area (Å²) < 4.78 is 32.3. The van der Waals surface area contributed by atoms with E-state index in [4.69, 9.17) is 16.3 Å². The Balaban J connectivity index is 1.50. The molecule has 11 heteroatoms. The van der Waals surface area contributed by atoms with Crippen molar-refractivity contribution in [1.29, 1.82) is 0 Å². The zero-order chi connectivity index (χ0) is 24.7. The Morgan fingerprint density at radius 1 is 1.12 bits per heavy atom. The molecule has 1 heterocycles. The number of carbonyl (C=O) groups is 2. The van der Waals surface area contributed by atoms with Crippen LogP contribution in [0.2, 0.25) is 5.02 Å². The maximum atomic E-state index is 12.5. The standard InChI is InChI=1S/C23H29ClN4O5S/c1-16-10-13-28(14-11-16)26-23(30)27-34(31,32)19-6-3-17(4-7-19)9-12-25-22(29)20-15-18(24)5-8-21(20)33-2/h3-8,15-16H,9-14H2,1-2H3,(H,25,29)(H2,26,27,30). The summed E-state index contributed by atoms with van der Waals surface area (Å²) in [7, 11) is -2.53. The molecule has 0 bridgehead atoms. The summed E-state index contributed by atoms with van der Waals surface area (Å²) in [6.45, 7) is 3.85. The Labute approximate surface area is 204 Å². The highest BCUT2D eigenvalue weighted by molar-refractivity contribution is 7.90. The molecule has 34 heavy (non-hydrogen) atoms. The van der Waals surface area contributed by atoms with Crippen molar-refractivity contribution in [3.05, 3.63) is 58.6 Å². The SMILES string of the molecule is COc1ccc(Cl)cc1C(=O)NCCc1ccc(S(=O)(=O)NC(=O)NN2CCC(C)CC2)cc1. The Kier molecular flexibility index (Phi) is 8.76. The molecule has 3 N–H and O–H groups in total. The van der Waals surface area contributed by atoms with Crippen molar-refractivity contribution in [3.8, 4) is 5.75 Å². The van der Waals surface area contributed by atoms with Crippen LogP contribution in [0.1, 0.15) is 35.7 Å². The molecule has 1 saturated heterocycles. The van der Waals surface area contributed by atoms with Crippen molar-refractivity contribution in [2.24, 2.45) is 5.92 Å². The first-order valence-electron chi connectivity index (χ1n) is 11.0. The molecule has 0 unspecified atom stereocenters. The van der Waals surface area contributed by atoms with Crippen molar-refractivity contribution in [2.45, 2.75) is 31.1 Å². The zero-order valence-electron chi connectivity index (χ0n) is 19.1. The number of urea groups is 1. The van der Waals surface area contributed by atoms with Crippen molar-refractivity contribution in [1.82, 2.24) is 20.5 Å². The third-order valence-electron chi connectivity index (χ3n) is 5.61. The first-order chi connectivity index (χ1) is 16.2. The number of hydrogen-bond donors (Lipinski definition) is 3. The number of hydrogen-bond acceptors (Lipinski definition) is 6. The van der Waals surface area contributed by atoms with Gasteiger partial charge in [0.05, 0.1) is 17.6 Å². The van der Waals surface area contributed by atoms with Crippen LogP contribution in [0.5, 0.6) is 5.75 Å². The highest BCUT2D eigenvalue weighted by atomic mass is 35.5. The summed E-state index contributed by atoms with van der Waals surface area (Å²) >= 11 is 5.97. The molecule has 3 rings (SSSR count). The summed E-state index contributed by atoms with van der Waals surface area (Å²) in [4.78, 5) is 24.6. The largest absolute Gasteiger partial charge is 0.496 e. The van der Waals surface area contributed by atoms with Crippen LogP contribution >= 0.6 is 11.6 Å². The Morgan fingerprint density at radius 2 is 1.79 bits per heavy atom. The average Bonchev–Trinajstić information content (AvgIpc) is 2.80. The molecule has 1 fully saturated rings. The minimum atomic E-state index is -4.00. The first kappa shape index (κ1) is 25.8. The van der Waals surface area contributed by atoms with Crippen LogP contribution in [-0.4, -0.2) is 52.1 Å². The number of methoxy groups -OCH3 is 1. The van der Waals surface area contributed by atoms with Gasteiger partial charge in [0.15, 0.2) is 0 Å². The topological polar surface area (TPSA) is 117 Å². The summed E-state index contributed by atoms with van der Waals surface area (Å²) in [5, 5.41) is 4.95. The average molecular weight is 509 g/mol. The fourth-order valence-electron chi connectivity index (χ4n) is 3.58. The summed E-state index contributed by atoms with van der Waals surface area (Å²) in [6.07, 6.45) is 2.37.